The second kappa shape index (κ2) is 7.41. The third-order valence-electron chi connectivity index (χ3n) is 3.37. The van der Waals surface area contributed by atoms with Crippen LogP contribution in [0.15, 0.2) is 30.3 Å². The number of nitrogens with zero attached hydrogens (tertiary/aromatic N) is 2. The molecule has 0 aliphatic carbocycles. The average Bonchev–Trinajstić information content (AvgIpc) is 2.47. The van der Waals surface area contributed by atoms with Gasteiger partial charge in [0.05, 0.1) is 0 Å². The van der Waals surface area contributed by atoms with E-state index < -0.39 is 0 Å². The van der Waals surface area contributed by atoms with Crippen LogP contribution in [0.3, 0.4) is 0 Å². The number of carbonyl (C=O) groups is 1. The zero-order valence-corrected chi connectivity index (χ0v) is 12.0. The molecule has 1 saturated heterocycles. The SMILES string of the molecule is O=C(/C=C/c1ccc(F)cc1)N1CCN(CCCl)CC1. The Morgan fingerprint density at radius 1 is 1.20 bits per heavy atom. The molecule has 1 fully saturated rings. The van der Waals surface area contributed by atoms with Crippen LogP contribution in [-0.4, -0.2) is 54.3 Å². The topological polar surface area (TPSA) is 23.6 Å². The van der Waals surface area contributed by atoms with Crippen LogP contribution in [0.2, 0.25) is 0 Å². The predicted octanol–water partition coefficient (Wildman–Crippen LogP) is 2.22. The Morgan fingerprint density at radius 2 is 1.85 bits per heavy atom. The quantitative estimate of drug-likeness (QED) is 0.628. The van der Waals surface area contributed by atoms with Gasteiger partial charge in [-0.05, 0) is 23.8 Å². The molecule has 1 aromatic rings. The van der Waals surface area contributed by atoms with Gasteiger partial charge in [-0.1, -0.05) is 12.1 Å². The Morgan fingerprint density at radius 3 is 2.45 bits per heavy atom. The maximum absolute atomic E-state index is 12.8. The molecule has 5 heteroatoms. The summed E-state index contributed by atoms with van der Waals surface area (Å²) in [4.78, 5) is 16.1. The minimum atomic E-state index is -0.274. The first-order valence-corrected chi connectivity index (χ1v) is 7.23. The highest BCUT2D eigenvalue weighted by Gasteiger charge is 2.18. The van der Waals surface area contributed by atoms with Crippen LogP contribution in [0.5, 0.6) is 0 Å². The highest BCUT2D eigenvalue weighted by molar-refractivity contribution is 6.18. The van der Waals surface area contributed by atoms with Crippen LogP contribution in [-0.2, 0) is 4.79 Å². The molecule has 1 aliphatic heterocycles. The summed E-state index contributed by atoms with van der Waals surface area (Å²) in [6.07, 6.45) is 3.26. The van der Waals surface area contributed by atoms with E-state index in [1.807, 2.05) is 4.90 Å². The fraction of sp³-hybridized carbons (Fsp3) is 0.400. The highest BCUT2D eigenvalue weighted by Crippen LogP contribution is 2.07. The number of hydrogen-bond acceptors (Lipinski definition) is 2. The maximum Gasteiger partial charge on any atom is 0.246 e. The Bertz CT molecular complexity index is 467. The van der Waals surface area contributed by atoms with Crippen LogP contribution in [0, 0.1) is 5.82 Å². The van der Waals surface area contributed by atoms with Crippen LogP contribution < -0.4 is 0 Å². The molecule has 0 N–H and O–H groups in total. The lowest BCUT2D eigenvalue weighted by Crippen LogP contribution is -2.48. The normalized spacial score (nSPS) is 16.8. The van der Waals surface area contributed by atoms with E-state index in [9.17, 15) is 9.18 Å². The largest absolute Gasteiger partial charge is 0.337 e. The van der Waals surface area contributed by atoms with Crippen molar-refractivity contribution in [1.29, 1.82) is 0 Å². The number of rotatable bonds is 4. The maximum atomic E-state index is 12.8. The van der Waals surface area contributed by atoms with Crippen molar-refractivity contribution in [2.24, 2.45) is 0 Å². The van der Waals surface area contributed by atoms with E-state index >= 15 is 0 Å². The molecular formula is C15H18ClFN2O. The van der Waals surface area contributed by atoms with Crippen LogP contribution in [0.4, 0.5) is 4.39 Å². The van der Waals surface area contributed by atoms with Gasteiger partial charge in [0.25, 0.3) is 0 Å². The molecule has 3 nitrogen and oxygen atoms in total. The standard InChI is InChI=1S/C15H18ClFN2O/c16-7-8-18-9-11-19(12-10-18)15(20)6-3-13-1-4-14(17)5-2-13/h1-6H,7-12H2/b6-3+. The molecule has 0 spiro atoms. The molecule has 1 heterocycles. The number of halogens is 2. The minimum Gasteiger partial charge on any atom is -0.337 e. The molecule has 1 aromatic carbocycles. The van der Waals surface area contributed by atoms with Gasteiger partial charge >= 0.3 is 0 Å². The molecule has 0 saturated carbocycles. The van der Waals surface area contributed by atoms with Crippen molar-refractivity contribution in [2.75, 3.05) is 38.6 Å². The van der Waals surface area contributed by atoms with Gasteiger partial charge in [0.15, 0.2) is 0 Å². The van der Waals surface area contributed by atoms with Gasteiger partial charge in [-0.25, -0.2) is 4.39 Å². The number of hydrogen-bond donors (Lipinski definition) is 0. The number of amides is 1. The lowest BCUT2D eigenvalue weighted by Gasteiger charge is -2.33. The van der Waals surface area contributed by atoms with E-state index in [-0.39, 0.29) is 11.7 Å². The van der Waals surface area contributed by atoms with Gasteiger partial charge in [0.2, 0.25) is 5.91 Å². The van der Waals surface area contributed by atoms with Gasteiger partial charge in [-0.2, -0.15) is 0 Å². The lowest BCUT2D eigenvalue weighted by molar-refractivity contribution is -0.127. The second-order valence-electron chi connectivity index (χ2n) is 4.74. The first-order chi connectivity index (χ1) is 9.69. The van der Waals surface area contributed by atoms with Gasteiger partial charge < -0.3 is 4.90 Å². The summed E-state index contributed by atoms with van der Waals surface area (Å²) in [5.41, 5.74) is 0.820. The van der Waals surface area contributed by atoms with Crippen molar-refractivity contribution in [3.8, 4) is 0 Å². The van der Waals surface area contributed by atoms with E-state index in [0.29, 0.717) is 5.88 Å². The third-order valence-corrected chi connectivity index (χ3v) is 3.54. The summed E-state index contributed by atoms with van der Waals surface area (Å²) in [5.74, 6) is 0.349. The smallest absolute Gasteiger partial charge is 0.246 e. The summed E-state index contributed by atoms with van der Waals surface area (Å²) >= 11 is 5.70. The zero-order chi connectivity index (χ0) is 14.4. The van der Waals surface area contributed by atoms with Crippen molar-refractivity contribution < 1.29 is 9.18 Å². The predicted molar refractivity (Wildman–Crippen MR) is 79.2 cm³/mol. The molecule has 0 bridgehead atoms. The summed E-state index contributed by atoms with van der Waals surface area (Å²) < 4.78 is 12.8. The Balaban J connectivity index is 1.85. The fourth-order valence-corrected chi connectivity index (χ4v) is 2.40. The van der Waals surface area contributed by atoms with Crippen molar-refractivity contribution >= 4 is 23.6 Å². The van der Waals surface area contributed by atoms with Crippen molar-refractivity contribution in [3.05, 3.63) is 41.7 Å². The number of benzene rings is 1. The van der Waals surface area contributed by atoms with E-state index in [1.165, 1.54) is 12.1 Å². The van der Waals surface area contributed by atoms with E-state index in [0.717, 1.165) is 38.3 Å². The Hall–Kier alpha value is -1.39. The molecule has 1 amide bonds. The zero-order valence-electron chi connectivity index (χ0n) is 11.3. The summed E-state index contributed by atoms with van der Waals surface area (Å²) in [6.45, 7) is 4.05. The van der Waals surface area contributed by atoms with Crippen LogP contribution in [0.25, 0.3) is 6.08 Å². The average molecular weight is 297 g/mol. The van der Waals surface area contributed by atoms with Crippen molar-refractivity contribution in [3.63, 3.8) is 0 Å². The lowest BCUT2D eigenvalue weighted by atomic mass is 10.2. The van der Waals surface area contributed by atoms with E-state index in [1.54, 1.807) is 24.3 Å². The highest BCUT2D eigenvalue weighted by atomic mass is 35.5. The monoisotopic (exact) mass is 296 g/mol. The van der Waals surface area contributed by atoms with Gasteiger partial charge in [0, 0.05) is 44.7 Å². The molecular weight excluding hydrogens is 279 g/mol. The van der Waals surface area contributed by atoms with Gasteiger partial charge in [0.1, 0.15) is 5.82 Å². The third kappa shape index (κ3) is 4.32. The fourth-order valence-electron chi connectivity index (χ4n) is 2.16. The molecule has 108 valence electrons. The molecule has 1 aliphatic rings. The molecule has 0 atom stereocenters. The molecule has 20 heavy (non-hydrogen) atoms. The summed E-state index contributed by atoms with van der Waals surface area (Å²) in [6, 6.07) is 6.07. The van der Waals surface area contributed by atoms with Gasteiger partial charge in [-0.3, -0.25) is 9.69 Å². The number of carbonyl (C=O) groups excluding carboxylic acids is 1. The Labute approximate surface area is 123 Å². The minimum absolute atomic E-state index is 0.000140. The molecule has 0 unspecified atom stereocenters. The first kappa shape index (κ1) is 15.0. The van der Waals surface area contributed by atoms with E-state index in [2.05, 4.69) is 4.90 Å². The molecule has 0 aromatic heterocycles. The second-order valence-corrected chi connectivity index (χ2v) is 5.12. The van der Waals surface area contributed by atoms with E-state index in [4.69, 9.17) is 11.6 Å². The van der Waals surface area contributed by atoms with Crippen molar-refractivity contribution in [2.45, 2.75) is 0 Å². The Kier molecular flexibility index (Phi) is 5.56. The molecule has 2 rings (SSSR count). The first-order valence-electron chi connectivity index (χ1n) is 6.70. The number of alkyl halides is 1. The van der Waals surface area contributed by atoms with Crippen LogP contribution >= 0.6 is 11.6 Å². The molecule has 0 radical (unpaired) electrons. The van der Waals surface area contributed by atoms with Gasteiger partial charge in [-0.15, -0.1) is 11.6 Å². The summed E-state index contributed by atoms with van der Waals surface area (Å²) in [5, 5.41) is 0. The van der Waals surface area contributed by atoms with Crippen molar-refractivity contribution in [1.82, 2.24) is 9.80 Å². The van der Waals surface area contributed by atoms with Crippen LogP contribution in [0.1, 0.15) is 5.56 Å². The summed E-state index contributed by atoms with van der Waals surface area (Å²) in [7, 11) is 0. The number of piperazine rings is 1.